The Hall–Kier alpha value is 1.19. The average molecular weight is 180 g/mol. The van der Waals surface area contributed by atoms with E-state index >= 15 is 0 Å². The molecule has 8 heteroatoms. The van der Waals surface area contributed by atoms with Crippen LogP contribution in [0.15, 0.2) is 0 Å². The first kappa shape index (κ1) is 22.9. The number of phosphoric acid groups is 1. The minimum atomic E-state index is -4.64. The molecule has 0 aromatic carbocycles. The molecule has 0 aromatic heterocycles. The fraction of sp³-hybridized carbons (Fsp3) is 0. The van der Waals surface area contributed by atoms with Crippen molar-refractivity contribution in [1.82, 2.24) is 0 Å². The maximum atomic E-state index is 8.88. The van der Waals surface area contributed by atoms with Crippen LogP contribution in [0.25, 0.3) is 0 Å². The predicted molar refractivity (Wildman–Crippen MR) is 19.0 cm³/mol. The standard InChI is InChI=1S/Fe.Li.H3O4P.H2O.H/c;;1-5(2,3)4;;/h;;(H3,1,2,3,4);1H2;/q;+1;;;-1. The molecule has 0 fully saturated rings. The summed E-state index contributed by atoms with van der Waals surface area (Å²) < 4.78 is 8.88. The second kappa shape index (κ2) is 8.19. The molecule has 0 aromatic rings. The molecule has 5 N–H and O–H groups in total. The molecule has 0 saturated heterocycles. The molecule has 0 unspecified atom stereocenters. The molecule has 50 valence electrons. The van der Waals surface area contributed by atoms with E-state index in [1.165, 1.54) is 0 Å². The van der Waals surface area contributed by atoms with E-state index in [1.54, 1.807) is 0 Å². The Morgan fingerprint density at radius 1 is 1.25 bits per heavy atom. The molecular weight excluding hydrogens is 174 g/mol. The van der Waals surface area contributed by atoms with Crippen LogP contribution in [0.3, 0.4) is 0 Å². The first-order chi connectivity index (χ1) is 2.00. The van der Waals surface area contributed by atoms with Crippen LogP contribution in [0.2, 0.25) is 0 Å². The molecule has 0 radical (unpaired) electrons. The second-order valence-corrected chi connectivity index (χ2v) is 1.54. The van der Waals surface area contributed by atoms with Crippen LogP contribution in [0.5, 0.6) is 0 Å². The van der Waals surface area contributed by atoms with Crippen molar-refractivity contribution in [2.75, 3.05) is 0 Å². The Bertz CT molecular complexity index is 63.1. The maximum Gasteiger partial charge on any atom is 1.00 e. The third-order valence-corrected chi connectivity index (χ3v) is 0. The summed E-state index contributed by atoms with van der Waals surface area (Å²) in [5, 5.41) is 0. The Balaban J connectivity index is -0.0000000133. The van der Waals surface area contributed by atoms with Gasteiger partial charge in [-0.05, 0) is 0 Å². The van der Waals surface area contributed by atoms with Crippen LogP contribution in [0.1, 0.15) is 1.43 Å². The van der Waals surface area contributed by atoms with Gasteiger partial charge < -0.3 is 21.6 Å². The molecule has 0 heterocycles. The fourth-order valence-corrected chi connectivity index (χ4v) is 0. The van der Waals surface area contributed by atoms with Gasteiger partial charge in [-0.2, -0.15) is 0 Å². The second-order valence-electron chi connectivity index (χ2n) is 0.513. The Morgan fingerprint density at radius 2 is 1.25 bits per heavy atom. The summed E-state index contributed by atoms with van der Waals surface area (Å²) in [5.74, 6) is 0. The third kappa shape index (κ3) is 195. The molecular formula is H6FeLiO5P. The summed E-state index contributed by atoms with van der Waals surface area (Å²) >= 11 is 0. The van der Waals surface area contributed by atoms with Crippen LogP contribution in [-0.4, -0.2) is 20.2 Å². The molecule has 0 aliphatic rings. The van der Waals surface area contributed by atoms with Gasteiger partial charge in [-0.3, -0.25) is 0 Å². The molecule has 0 atom stereocenters. The summed E-state index contributed by atoms with van der Waals surface area (Å²) in [6.07, 6.45) is 0. The van der Waals surface area contributed by atoms with Crippen LogP contribution >= 0.6 is 7.82 Å². The first-order valence-corrected chi connectivity index (χ1v) is 2.35. The van der Waals surface area contributed by atoms with E-state index in [2.05, 4.69) is 0 Å². The van der Waals surface area contributed by atoms with Crippen molar-refractivity contribution in [3.8, 4) is 0 Å². The van der Waals surface area contributed by atoms with E-state index < -0.39 is 7.82 Å². The smallest absolute Gasteiger partial charge is 1.00 e. The van der Waals surface area contributed by atoms with Crippen molar-refractivity contribution in [2.24, 2.45) is 0 Å². The number of hydrogen-bond donors (Lipinski definition) is 3. The minimum Gasteiger partial charge on any atom is -1.00 e. The SMILES string of the molecule is O.O=P(O)(O)O.[Fe].[H-].[Li+]. The van der Waals surface area contributed by atoms with E-state index in [-0.39, 0.29) is 42.8 Å². The first-order valence-electron chi connectivity index (χ1n) is 0.783. The molecule has 0 rings (SSSR count). The van der Waals surface area contributed by atoms with Crippen LogP contribution in [-0.2, 0) is 21.6 Å². The van der Waals surface area contributed by atoms with E-state index in [9.17, 15) is 0 Å². The molecule has 0 aliphatic heterocycles. The molecule has 0 bridgehead atoms. The van der Waals surface area contributed by atoms with Gasteiger partial charge in [0.1, 0.15) is 0 Å². The minimum absolute atomic E-state index is 0. The average Bonchev–Trinajstić information content (AvgIpc) is 0.722. The largest absolute Gasteiger partial charge is 1.00 e. The van der Waals surface area contributed by atoms with Gasteiger partial charge in [-0.15, -0.1) is 0 Å². The van der Waals surface area contributed by atoms with Crippen molar-refractivity contribution in [1.29, 1.82) is 0 Å². The van der Waals surface area contributed by atoms with E-state index in [0.717, 1.165) is 0 Å². The predicted octanol–water partition coefficient (Wildman–Crippen LogP) is -4.64. The summed E-state index contributed by atoms with van der Waals surface area (Å²) in [5.41, 5.74) is 0. The third-order valence-electron chi connectivity index (χ3n) is 0. The zero-order valence-electron chi connectivity index (χ0n) is 5.05. The van der Waals surface area contributed by atoms with Crippen molar-refractivity contribution in [2.45, 2.75) is 0 Å². The molecule has 5 nitrogen and oxygen atoms in total. The summed E-state index contributed by atoms with van der Waals surface area (Å²) in [4.78, 5) is 21.6. The van der Waals surface area contributed by atoms with Crippen molar-refractivity contribution in [3.63, 3.8) is 0 Å². The van der Waals surface area contributed by atoms with Crippen molar-refractivity contribution >= 4 is 7.82 Å². The van der Waals surface area contributed by atoms with E-state index in [4.69, 9.17) is 19.2 Å². The molecule has 8 heavy (non-hydrogen) atoms. The van der Waals surface area contributed by atoms with E-state index in [1.807, 2.05) is 0 Å². The Kier molecular flexibility index (Phi) is 23.4. The van der Waals surface area contributed by atoms with Gasteiger partial charge in [0.15, 0.2) is 0 Å². The normalized spacial score (nSPS) is 7.38. The maximum absolute atomic E-state index is 8.88. The quantitative estimate of drug-likeness (QED) is 0.257. The number of hydrogen-bond acceptors (Lipinski definition) is 1. The summed E-state index contributed by atoms with van der Waals surface area (Å²) in [6, 6.07) is 0. The summed E-state index contributed by atoms with van der Waals surface area (Å²) in [7, 11) is -4.64. The van der Waals surface area contributed by atoms with Crippen molar-refractivity contribution < 1.29 is 62.1 Å². The van der Waals surface area contributed by atoms with Gasteiger partial charge in [-0.1, -0.05) is 0 Å². The summed E-state index contributed by atoms with van der Waals surface area (Å²) in [6.45, 7) is 0. The van der Waals surface area contributed by atoms with Gasteiger partial charge >= 0.3 is 26.7 Å². The monoisotopic (exact) mass is 180 g/mol. The van der Waals surface area contributed by atoms with Crippen molar-refractivity contribution in [3.05, 3.63) is 0 Å². The van der Waals surface area contributed by atoms with Crippen LogP contribution < -0.4 is 18.9 Å². The van der Waals surface area contributed by atoms with E-state index in [0.29, 0.717) is 0 Å². The van der Waals surface area contributed by atoms with Gasteiger partial charge in [0, 0.05) is 17.1 Å². The van der Waals surface area contributed by atoms with Gasteiger partial charge in [0.05, 0.1) is 0 Å². The Morgan fingerprint density at radius 3 is 1.25 bits per heavy atom. The topological polar surface area (TPSA) is 109 Å². The van der Waals surface area contributed by atoms with Gasteiger partial charge in [0.2, 0.25) is 0 Å². The van der Waals surface area contributed by atoms with Gasteiger partial charge in [-0.25, -0.2) is 4.57 Å². The Labute approximate surface area is 70.2 Å². The molecule has 0 saturated carbocycles. The van der Waals surface area contributed by atoms with Crippen LogP contribution in [0.4, 0.5) is 0 Å². The number of rotatable bonds is 0. The zero-order chi connectivity index (χ0) is 4.50. The molecule has 0 aliphatic carbocycles. The molecule has 0 spiro atoms. The molecule has 0 amide bonds. The van der Waals surface area contributed by atoms with Gasteiger partial charge in [0.25, 0.3) is 0 Å². The zero-order valence-corrected chi connectivity index (χ0v) is 6.05. The van der Waals surface area contributed by atoms with Crippen LogP contribution in [0, 0.1) is 0 Å². The fourth-order valence-electron chi connectivity index (χ4n) is 0.